The third-order valence-electron chi connectivity index (χ3n) is 2.25. The zero-order chi connectivity index (χ0) is 7.56. The van der Waals surface area contributed by atoms with Crippen molar-refractivity contribution in [2.24, 2.45) is 5.92 Å². The molecule has 1 aliphatic heterocycles. The third kappa shape index (κ3) is 2.19. The Balaban J connectivity index is 2.32. The zero-order valence-corrected chi connectivity index (χ0v) is 8.08. The van der Waals surface area contributed by atoms with Crippen molar-refractivity contribution in [1.82, 2.24) is 0 Å². The highest BCUT2D eigenvalue weighted by molar-refractivity contribution is 8.00. The van der Waals surface area contributed by atoms with E-state index < -0.39 is 0 Å². The Morgan fingerprint density at radius 2 is 2.00 bits per heavy atom. The molecular weight excluding hydrogens is 140 g/mol. The van der Waals surface area contributed by atoms with Gasteiger partial charge >= 0.3 is 0 Å². The Bertz CT molecular complexity index is 98.9. The maximum Gasteiger partial charge on any atom is 0.00727 e. The fourth-order valence-electron chi connectivity index (χ4n) is 1.53. The van der Waals surface area contributed by atoms with E-state index in [1.54, 1.807) is 0 Å². The van der Waals surface area contributed by atoms with Crippen LogP contribution in [0.15, 0.2) is 0 Å². The molecule has 1 unspecified atom stereocenters. The molecule has 0 amide bonds. The first-order valence-electron chi connectivity index (χ1n) is 4.35. The van der Waals surface area contributed by atoms with Crippen molar-refractivity contribution in [2.75, 3.05) is 0 Å². The van der Waals surface area contributed by atoms with E-state index in [4.69, 9.17) is 0 Å². The second-order valence-electron chi connectivity index (χ2n) is 3.66. The largest absolute Gasteiger partial charge is 0.155 e. The van der Waals surface area contributed by atoms with Crippen LogP contribution in [0.25, 0.3) is 0 Å². The lowest BCUT2D eigenvalue weighted by Gasteiger charge is -2.28. The maximum atomic E-state index is 2.36. The van der Waals surface area contributed by atoms with Crippen LogP contribution in [0.1, 0.15) is 40.0 Å². The Morgan fingerprint density at radius 1 is 1.30 bits per heavy atom. The fourth-order valence-corrected chi connectivity index (χ4v) is 3.05. The minimum absolute atomic E-state index is 0.882. The van der Waals surface area contributed by atoms with Crippen LogP contribution in [0.2, 0.25) is 0 Å². The van der Waals surface area contributed by atoms with Crippen LogP contribution in [0.5, 0.6) is 0 Å². The molecule has 0 aromatic rings. The van der Waals surface area contributed by atoms with E-state index in [1.807, 2.05) is 0 Å². The summed E-state index contributed by atoms with van der Waals surface area (Å²) in [6, 6.07) is 0. The van der Waals surface area contributed by atoms with Crippen LogP contribution in [0, 0.1) is 5.92 Å². The van der Waals surface area contributed by atoms with Crippen LogP contribution in [-0.2, 0) is 0 Å². The SMILES string of the molecule is CC(C)C1CCC[C@@H](C)S1. The van der Waals surface area contributed by atoms with Crippen LogP contribution in [-0.4, -0.2) is 10.5 Å². The summed E-state index contributed by atoms with van der Waals surface area (Å²) >= 11 is 2.19. The summed E-state index contributed by atoms with van der Waals surface area (Å²) in [6.07, 6.45) is 4.34. The van der Waals surface area contributed by atoms with Crippen molar-refractivity contribution in [3.05, 3.63) is 0 Å². The monoisotopic (exact) mass is 158 g/mol. The molecule has 0 nitrogen and oxygen atoms in total. The molecule has 1 rings (SSSR count). The zero-order valence-electron chi connectivity index (χ0n) is 7.26. The predicted molar refractivity (Wildman–Crippen MR) is 49.5 cm³/mol. The van der Waals surface area contributed by atoms with Gasteiger partial charge in [-0.05, 0) is 18.8 Å². The van der Waals surface area contributed by atoms with Crippen molar-refractivity contribution in [2.45, 2.75) is 50.5 Å². The molecule has 2 atom stereocenters. The highest BCUT2D eigenvalue weighted by Gasteiger charge is 2.21. The number of hydrogen-bond donors (Lipinski definition) is 0. The van der Waals surface area contributed by atoms with Gasteiger partial charge in [-0.25, -0.2) is 0 Å². The van der Waals surface area contributed by atoms with Gasteiger partial charge < -0.3 is 0 Å². The molecule has 0 N–H and O–H groups in total. The molecule has 0 aromatic heterocycles. The summed E-state index contributed by atoms with van der Waals surface area (Å²) in [7, 11) is 0. The Labute approximate surface area is 68.8 Å². The van der Waals surface area contributed by atoms with Crippen molar-refractivity contribution in [3.8, 4) is 0 Å². The minimum Gasteiger partial charge on any atom is -0.155 e. The maximum absolute atomic E-state index is 2.36. The molecule has 0 aromatic carbocycles. The topological polar surface area (TPSA) is 0 Å². The first-order chi connectivity index (χ1) is 4.70. The van der Waals surface area contributed by atoms with Gasteiger partial charge in [0, 0.05) is 10.5 Å². The average molecular weight is 158 g/mol. The molecule has 1 saturated heterocycles. The molecule has 0 saturated carbocycles. The van der Waals surface area contributed by atoms with Gasteiger partial charge in [0.2, 0.25) is 0 Å². The van der Waals surface area contributed by atoms with Gasteiger partial charge in [0.05, 0.1) is 0 Å². The minimum atomic E-state index is 0.882. The second-order valence-corrected chi connectivity index (χ2v) is 5.34. The lowest BCUT2D eigenvalue weighted by molar-refractivity contribution is 0.520. The number of thioether (sulfide) groups is 1. The van der Waals surface area contributed by atoms with Crippen LogP contribution in [0.4, 0.5) is 0 Å². The summed E-state index contributed by atoms with van der Waals surface area (Å²) in [5, 5.41) is 1.87. The molecule has 0 radical (unpaired) electrons. The first kappa shape index (κ1) is 8.45. The van der Waals surface area contributed by atoms with Crippen molar-refractivity contribution in [1.29, 1.82) is 0 Å². The molecule has 0 spiro atoms. The summed E-state index contributed by atoms with van der Waals surface area (Å²) in [5.74, 6) is 0.882. The van der Waals surface area contributed by atoms with Gasteiger partial charge in [0.1, 0.15) is 0 Å². The summed E-state index contributed by atoms with van der Waals surface area (Å²) in [5.41, 5.74) is 0. The molecule has 0 aliphatic carbocycles. The predicted octanol–water partition coefficient (Wildman–Crippen LogP) is 3.32. The molecule has 1 aliphatic rings. The highest BCUT2D eigenvalue weighted by atomic mass is 32.2. The number of hydrogen-bond acceptors (Lipinski definition) is 1. The van der Waals surface area contributed by atoms with Crippen molar-refractivity contribution in [3.63, 3.8) is 0 Å². The summed E-state index contributed by atoms with van der Waals surface area (Å²) < 4.78 is 0. The Kier molecular flexibility index (Phi) is 3.09. The van der Waals surface area contributed by atoms with E-state index in [9.17, 15) is 0 Å². The van der Waals surface area contributed by atoms with Crippen LogP contribution >= 0.6 is 11.8 Å². The molecule has 0 bridgehead atoms. The first-order valence-corrected chi connectivity index (χ1v) is 5.30. The normalized spacial score (nSPS) is 34.8. The van der Waals surface area contributed by atoms with Gasteiger partial charge in [0.15, 0.2) is 0 Å². The smallest absolute Gasteiger partial charge is 0.00727 e. The van der Waals surface area contributed by atoms with E-state index in [-0.39, 0.29) is 0 Å². The van der Waals surface area contributed by atoms with Gasteiger partial charge in [-0.3, -0.25) is 0 Å². The molecule has 10 heavy (non-hydrogen) atoms. The quantitative estimate of drug-likeness (QED) is 0.564. The Morgan fingerprint density at radius 3 is 2.40 bits per heavy atom. The van der Waals surface area contributed by atoms with Crippen LogP contribution in [0.3, 0.4) is 0 Å². The lowest BCUT2D eigenvalue weighted by Crippen LogP contribution is -2.19. The third-order valence-corrected chi connectivity index (χ3v) is 4.08. The molecule has 1 fully saturated rings. The molecule has 1 heteroatoms. The lowest BCUT2D eigenvalue weighted by atomic mass is 10.0. The van der Waals surface area contributed by atoms with Crippen LogP contribution < -0.4 is 0 Å². The van der Waals surface area contributed by atoms with E-state index in [0.717, 1.165) is 16.4 Å². The van der Waals surface area contributed by atoms with E-state index in [1.165, 1.54) is 19.3 Å². The van der Waals surface area contributed by atoms with Gasteiger partial charge in [0.25, 0.3) is 0 Å². The van der Waals surface area contributed by atoms with Gasteiger partial charge in [-0.15, -0.1) is 0 Å². The van der Waals surface area contributed by atoms with Crippen molar-refractivity contribution < 1.29 is 0 Å². The van der Waals surface area contributed by atoms with Gasteiger partial charge in [-0.1, -0.05) is 27.2 Å². The fraction of sp³-hybridized carbons (Fsp3) is 1.00. The van der Waals surface area contributed by atoms with Crippen molar-refractivity contribution >= 4 is 11.8 Å². The number of rotatable bonds is 1. The highest BCUT2D eigenvalue weighted by Crippen LogP contribution is 2.35. The van der Waals surface area contributed by atoms with E-state index in [2.05, 4.69) is 32.5 Å². The second kappa shape index (κ2) is 3.66. The Hall–Kier alpha value is 0.350. The standard InChI is InChI=1S/C9H18S/c1-7(2)9-6-4-5-8(3)10-9/h7-9H,4-6H2,1-3H3/t8-,9?/m1/s1. The molecule has 1 heterocycles. The van der Waals surface area contributed by atoms with E-state index >= 15 is 0 Å². The van der Waals surface area contributed by atoms with Gasteiger partial charge in [-0.2, -0.15) is 11.8 Å². The molecule has 60 valence electrons. The molecular formula is C9H18S. The summed E-state index contributed by atoms with van der Waals surface area (Å²) in [4.78, 5) is 0. The summed E-state index contributed by atoms with van der Waals surface area (Å²) in [6.45, 7) is 7.05. The van der Waals surface area contributed by atoms with E-state index in [0.29, 0.717) is 0 Å². The average Bonchev–Trinajstić information content (AvgIpc) is 1.88.